The van der Waals surface area contributed by atoms with Crippen molar-refractivity contribution in [3.8, 4) is 0 Å². The van der Waals surface area contributed by atoms with Crippen molar-refractivity contribution in [1.82, 2.24) is 4.90 Å². The molecule has 0 spiro atoms. The predicted octanol–water partition coefficient (Wildman–Crippen LogP) is 0.715. The van der Waals surface area contributed by atoms with Gasteiger partial charge in [0.05, 0.1) is 6.04 Å². The number of hydrogen-bond acceptors (Lipinski definition) is 3. The van der Waals surface area contributed by atoms with E-state index in [9.17, 15) is 0 Å². The molecular formula is C6H10ClN3. The third kappa shape index (κ3) is 1.24. The Morgan fingerprint density at radius 2 is 2.40 bits per heavy atom. The first kappa shape index (κ1) is 7.41. The molecule has 4 heteroatoms. The zero-order chi connectivity index (χ0) is 7.72. The number of halogens is 1. The maximum atomic E-state index is 5.64. The van der Waals surface area contributed by atoms with Crippen LogP contribution < -0.4 is 5.73 Å². The van der Waals surface area contributed by atoms with Crippen LogP contribution in [0.1, 0.15) is 6.92 Å². The summed E-state index contributed by atoms with van der Waals surface area (Å²) in [5.74, 6) is 0.472. The van der Waals surface area contributed by atoms with Crippen molar-refractivity contribution < 1.29 is 0 Å². The fraction of sp³-hybridized carbons (Fsp3) is 0.500. The summed E-state index contributed by atoms with van der Waals surface area (Å²) in [7, 11) is 1.88. The minimum atomic E-state index is 0.241. The van der Waals surface area contributed by atoms with Crippen LogP contribution in [0.15, 0.2) is 16.2 Å². The van der Waals surface area contributed by atoms with Gasteiger partial charge in [0, 0.05) is 7.05 Å². The molecule has 0 aromatic rings. The highest BCUT2D eigenvalue weighted by Crippen LogP contribution is 2.13. The largest absolute Gasteiger partial charge is 0.369 e. The lowest BCUT2D eigenvalue weighted by Crippen LogP contribution is -2.41. The quantitative estimate of drug-likeness (QED) is 0.529. The monoisotopic (exact) mass is 159 g/mol. The number of guanidine groups is 1. The maximum absolute atomic E-state index is 5.64. The molecule has 1 aliphatic rings. The zero-order valence-corrected chi connectivity index (χ0v) is 6.76. The van der Waals surface area contributed by atoms with E-state index in [1.54, 1.807) is 0 Å². The predicted molar refractivity (Wildman–Crippen MR) is 42.8 cm³/mol. The van der Waals surface area contributed by atoms with Gasteiger partial charge in [-0.15, -0.1) is 0 Å². The molecule has 0 bridgehead atoms. The van der Waals surface area contributed by atoms with E-state index in [2.05, 4.69) is 4.99 Å². The molecule has 1 heterocycles. The van der Waals surface area contributed by atoms with Gasteiger partial charge in [0.15, 0.2) is 5.96 Å². The van der Waals surface area contributed by atoms with Crippen LogP contribution >= 0.6 is 11.6 Å². The number of nitrogens with two attached hydrogens (primary N) is 1. The van der Waals surface area contributed by atoms with E-state index in [1.807, 2.05) is 24.9 Å². The number of nitrogens with zero attached hydrogens (tertiary/aromatic N) is 2. The lowest BCUT2D eigenvalue weighted by molar-refractivity contribution is 0.439. The molecule has 56 valence electrons. The normalized spacial score (nSPS) is 25.9. The van der Waals surface area contributed by atoms with E-state index in [0.29, 0.717) is 11.1 Å². The average Bonchev–Trinajstić information content (AvgIpc) is 1.82. The molecule has 0 aliphatic carbocycles. The number of likely N-dealkylation sites (N-methyl/N-ethyl adjacent to an activating group) is 1. The second kappa shape index (κ2) is 2.50. The summed E-state index contributed by atoms with van der Waals surface area (Å²) in [4.78, 5) is 5.71. The lowest BCUT2D eigenvalue weighted by Gasteiger charge is -2.26. The molecule has 0 saturated carbocycles. The van der Waals surface area contributed by atoms with Crippen LogP contribution in [0.3, 0.4) is 0 Å². The fourth-order valence-corrected chi connectivity index (χ4v) is 1.01. The molecule has 0 aromatic heterocycles. The van der Waals surface area contributed by atoms with Crippen LogP contribution in [0.25, 0.3) is 0 Å². The molecule has 0 fully saturated rings. The fourth-order valence-electron chi connectivity index (χ4n) is 0.745. The third-order valence-electron chi connectivity index (χ3n) is 1.57. The first-order valence-corrected chi connectivity index (χ1v) is 3.43. The highest BCUT2D eigenvalue weighted by molar-refractivity contribution is 6.30. The van der Waals surface area contributed by atoms with Gasteiger partial charge in [0.2, 0.25) is 0 Å². The van der Waals surface area contributed by atoms with E-state index in [1.165, 1.54) is 0 Å². The maximum Gasteiger partial charge on any atom is 0.197 e. The summed E-state index contributed by atoms with van der Waals surface area (Å²) >= 11 is 5.64. The van der Waals surface area contributed by atoms with E-state index in [4.69, 9.17) is 17.3 Å². The van der Waals surface area contributed by atoms with Gasteiger partial charge < -0.3 is 10.6 Å². The molecule has 3 nitrogen and oxygen atoms in total. The molecule has 0 aromatic carbocycles. The van der Waals surface area contributed by atoms with Gasteiger partial charge in [-0.05, 0) is 13.0 Å². The van der Waals surface area contributed by atoms with Crippen molar-refractivity contribution in [2.45, 2.75) is 13.0 Å². The van der Waals surface area contributed by atoms with Crippen LogP contribution in [-0.2, 0) is 0 Å². The highest BCUT2D eigenvalue weighted by atomic mass is 35.5. The minimum absolute atomic E-state index is 0.241. The Bertz CT molecular complexity index is 197. The summed E-state index contributed by atoms with van der Waals surface area (Å²) in [6.07, 6.45) is 1.85. The van der Waals surface area contributed by atoms with Crippen molar-refractivity contribution >= 4 is 17.6 Å². The van der Waals surface area contributed by atoms with Crippen LogP contribution in [0.4, 0.5) is 0 Å². The highest BCUT2D eigenvalue weighted by Gasteiger charge is 2.13. The van der Waals surface area contributed by atoms with Gasteiger partial charge in [-0.2, -0.15) is 0 Å². The number of hydrogen-bond donors (Lipinski definition) is 1. The van der Waals surface area contributed by atoms with Crippen molar-refractivity contribution in [3.05, 3.63) is 11.2 Å². The SMILES string of the molecule is CC1C=C(Cl)N=C(N)N1C. The Kier molecular flexibility index (Phi) is 1.85. The molecule has 0 radical (unpaired) electrons. The Labute approximate surface area is 65.2 Å². The number of aliphatic imine (C=N–C) groups is 1. The summed E-state index contributed by atoms with van der Waals surface area (Å²) in [6, 6.07) is 0.241. The van der Waals surface area contributed by atoms with Crippen molar-refractivity contribution in [2.24, 2.45) is 10.7 Å². The Morgan fingerprint density at radius 1 is 1.80 bits per heavy atom. The minimum Gasteiger partial charge on any atom is -0.369 e. The van der Waals surface area contributed by atoms with E-state index >= 15 is 0 Å². The van der Waals surface area contributed by atoms with Crippen LogP contribution in [-0.4, -0.2) is 23.9 Å². The average molecular weight is 160 g/mol. The lowest BCUT2D eigenvalue weighted by atomic mass is 10.3. The Hall–Kier alpha value is -0.700. The Morgan fingerprint density at radius 3 is 2.90 bits per heavy atom. The van der Waals surface area contributed by atoms with Gasteiger partial charge in [-0.1, -0.05) is 11.6 Å². The second-order valence-electron chi connectivity index (χ2n) is 2.31. The Balaban J connectivity index is 2.85. The van der Waals surface area contributed by atoms with E-state index in [0.717, 1.165) is 0 Å². The summed E-state index contributed by atoms with van der Waals surface area (Å²) in [6.45, 7) is 2.00. The van der Waals surface area contributed by atoms with Crippen molar-refractivity contribution in [1.29, 1.82) is 0 Å². The molecule has 2 N–H and O–H groups in total. The number of rotatable bonds is 0. The van der Waals surface area contributed by atoms with Gasteiger partial charge in [-0.25, -0.2) is 4.99 Å². The zero-order valence-electron chi connectivity index (χ0n) is 6.00. The first-order valence-electron chi connectivity index (χ1n) is 3.05. The van der Waals surface area contributed by atoms with Crippen LogP contribution in [0.2, 0.25) is 0 Å². The van der Waals surface area contributed by atoms with Gasteiger partial charge in [0.1, 0.15) is 5.16 Å². The van der Waals surface area contributed by atoms with Gasteiger partial charge in [-0.3, -0.25) is 0 Å². The van der Waals surface area contributed by atoms with E-state index in [-0.39, 0.29) is 6.04 Å². The molecule has 1 atom stereocenters. The van der Waals surface area contributed by atoms with Gasteiger partial charge >= 0.3 is 0 Å². The van der Waals surface area contributed by atoms with Gasteiger partial charge in [0.25, 0.3) is 0 Å². The molecule has 0 saturated heterocycles. The van der Waals surface area contributed by atoms with Crippen molar-refractivity contribution in [2.75, 3.05) is 7.05 Å². The van der Waals surface area contributed by atoms with Crippen LogP contribution in [0.5, 0.6) is 0 Å². The molecule has 10 heavy (non-hydrogen) atoms. The first-order chi connectivity index (χ1) is 4.61. The molecule has 1 rings (SSSR count). The van der Waals surface area contributed by atoms with E-state index < -0.39 is 0 Å². The summed E-state index contributed by atoms with van der Waals surface area (Å²) in [5.41, 5.74) is 5.51. The molecular weight excluding hydrogens is 150 g/mol. The van der Waals surface area contributed by atoms with Crippen molar-refractivity contribution in [3.63, 3.8) is 0 Å². The summed E-state index contributed by atoms with van der Waals surface area (Å²) in [5, 5.41) is 0.475. The second-order valence-corrected chi connectivity index (χ2v) is 2.70. The standard InChI is InChI=1S/C6H10ClN3/c1-4-3-5(7)9-6(8)10(4)2/h3-4H,1-2H3,(H2,8,9). The smallest absolute Gasteiger partial charge is 0.197 e. The molecule has 0 amide bonds. The summed E-state index contributed by atoms with van der Waals surface area (Å²) < 4.78 is 0. The topological polar surface area (TPSA) is 41.6 Å². The van der Waals surface area contributed by atoms with Crippen LogP contribution in [0, 0.1) is 0 Å². The third-order valence-corrected chi connectivity index (χ3v) is 1.78. The molecule has 1 aliphatic heterocycles. The molecule has 1 unspecified atom stereocenters.